The van der Waals surface area contributed by atoms with Gasteiger partial charge in [0.2, 0.25) is 11.8 Å². The fourth-order valence-electron chi connectivity index (χ4n) is 3.21. The number of allylic oxidation sites excluding steroid dienone is 2. The topological polar surface area (TPSA) is 86.7 Å². The molecule has 0 saturated carbocycles. The van der Waals surface area contributed by atoms with Gasteiger partial charge < -0.3 is 15.3 Å². The van der Waals surface area contributed by atoms with Crippen LogP contribution in [0.5, 0.6) is 0 Å². The van der Waals surface area contributed by atoms with Gasteiger partial charge in [0.1, 0.15) is 6.04 Å². The van der Waals surface area contributed by atoms with Crippen molar-refractivity contribution in [2.24, 2.45) is 11.8 Å². The molecule has 0 bridgehead atoms. The molecule has 2 amide bonds. The van der Waals surface area contributed by atoms with Gasteiger partial charge in [-0.15, -0.1) is 0 Å². The predicted octanol–water partition coefficient (Wildman–Crippen LogP) is 0.780. The van der Waals surface area contributed by atoms with E-state index in [1.165, 1.54) is 0 Å². The average molecular weight is 294 g/mol. The Hall–Kier alpha value is -1.85. The summed E-state index contributed by atoms with van der Waals surface area (Å²) in [5.41, 5.74) is 0. The van der Waals surface area contributed by atoms with Crippen LogP contribution in [0.4, 0.5) is 0 Å². The van der Waals surface area contributed by atoms with Crippen molar-refractivity contribution in [3.8, 4) is 0 Å². The Morgan fingerprint density at radius 3 is 2.43 bits per heavy atom. The number of carbonyl (C=O) groups is 3. The molecule has 2 aliphatic rings. The number of nitrogens with zero attached hydrogens (tertiary/aromatic N) is 1. The highest BCUT2D eigenvalue weighted by Crippen LogP contribution is 2.30. The van der Waals surface area contributed by atoms with E-state index in [0.717, 1.165) is 12.8 Å². The van der Waals surface area contributed by atoms with E-state index in [0.29, 0.717) is 25.8 Å². The highest BCUT2D eigenvalue weighted by atomic mass is 16.4. The first-order valence-corrected chi connectivity index (χ1v) is 7.46. The molecule has 21 heavy (non-hydrogen) atoms. The molecule has 1 aliphatic heterocycles. The lowest BCUT2D eigenvalue weighted by Crippen LogP contribution is -2.54. The highest BCUT2D eigenvalue weighted by molar-refractivity contribution is 5.90. The predicted molar refractivity (Wildman–Crippen MR) is 76.4 cm³/mol. The molecule has 0 aromatic carbocycles. The van der Waals surface area contributed by atoms with E-state index in [1.807, 2.05) is 12.2 Å². The van der Waals surface area contributed by atoms with E-state index in [2.05, 4.69) is 5.32 Å². The van der Waals surface area contributed by atoms with Crippen molar-refractivity contribution < 1.29 is 19.5 Å². The smallest absolute Gasteiger partial charge is 0.307 e. The van der Waals surface area contributed by atoms with Gasteiger partial charge in [0.05, 0.1) is 11.8 Å². The molecule has 0 radical (unpaired) electrons. The van der Waals surface area contributed by atoms with Crippen LogP contribution in [0.1, 0.15) is 32.1 Å². The number of nitrogens with one attached hydrogen (secondary N) is 1. The molecule has 2 rings (SSSR count). The van der Waals surface area contributed by atoms with Gasteiger partial charge in [-0.1, -0.05) is 12.2 Å². The molecule has 6 nitrogen and oxygen atoms in total. The number of hydrogen-bond acceptors (Lipinski definition) is 3. The van der Waals surface area contributed by atoms with Gasteiger partial charge in [0.15, 0.2) is 0 Å². The molecule has 116 valence electrons. The molecule has 1 saturated heterocycles. The van der Waals surface area contributed by atoms with Crippen LogP contribution < -0.4 is 5.32 Å². The minimum absolute atomic E-state index is 0.165. The van der Waals surface area contributed by atoms with Crippen molar-refractivity contribution in [1.82, 2.24) is 10.2 Å². The van der Waals surface area contributed by atoms with Crippen LogP contribution in [-0.2, 0) is 14.4 Å². The van der Waals surface area contributed by atoms with Crippen LogP contribution in [0.2, 0.25) is 0 Å². The molecule has 0 spiro atoms. The molecule has 1 heterocycles. The molecule has 1 aliphatic carbocycles. The van der Waals surface area contributed by atoms with Crippen molar-refractivity contribution in [3.63, 3.8) is 0 Å². The average Bonchev–Trinajstić information content (AvgIpc) is 2.53. The lowest BCUT2D eigenvalue weighted by atomic mass is 9.81. The molecule has 6 heteroatoms. The summed E-state index contributed by atoms with van der Waals surface area (Å²) in [5, 5.41) is 11.9. The maximum absolute atomic E-state index is 12.7. The Bertz CT molecular complexity index is 461. The summed E-state index contributed by atoms with van der Waals surface area (Å²) in [4.78, 5) is 37.6. The van der Waals surface area contributed by atoms with Crippen LogP contribution >= 0.6 is 0 Å². The largest absolute Gasteiger partial charge is 0.481 e. The van der Waals surface area contributed by atoms with Crippen LogP contribution in [0.25, 0.3) is 0 Å². The Morgan fingerprint density at radius 2 is 1.81 bits per heavy atom. The normalized spacial score (nSPS) is 29.0. The number of aliphatic carboxylic acids is 1. The van der Waals surface area contributed by atoms with Crippen molar-refractivity contribution >= 4 is 17.8 Å². The number of carboxylic acids is 1. The third-order valence-electron chi connectivity index (χ3n) is 4.40. The van der Waals surface area contributed by atoms with Crippen LogP contribution in [0.3, 0.4) is 0 Å². The monoisotopic (exact) mass is 294 g/mol. The summed E-state index contributed by atoms with van der Waals surface area (Å²) in [7, 11) is 1.56. The molecular formula is C15H22N2O4. The number of carboxylic acid groups (broad SMARTS) is 1. The van der Waals surface area contributed by atoms with Crippen molar-refractivity contribution in [2.45, 2.75) is 38.1 Å². The third kappa shape index (κ3) is 3.25. The number of likely N-dealkylation sites (tertiary alicyclic amines) is 1. The summed E-state index contributed by atoms with van der Waals surface area (Å²) in [5.74, 6) is -2.54. The zero-order chi connectivity index (χ0) is 15.4. The quantitative estimate of drug-likeness (QED) is 0.753. The van der Waals surface area contributed by atoms with Crippen LogP contribution in [0, 0.1) is 11.8 Å². The maximum atomic E-state index is 12.7. The molecule has 0 aromatic rings. The Kier molecular flexibility index (Phi) is 4.98. The molecular weight excluding hydrogens is 272 g/mol. The van der Waals surface area contributed by atoms with Gasteiger partial charge in [0, 0.05) is 13.6 Å². The van der Waals surface area contributed by atoms with Crippen molar-refractivity contribution in [1.29, 1.82) is 0 Å². The number of piperidine rings is 1. The van der Waals surface area contributed by atoms with E-state index < -0.39 is 23.8 Å². The molecule has 0 aromatic heterocycles. The van der Waals surface area contributed by atoms with E-state index >= 15 is 0 Å². The number of rotatable bonds is 3. The van der Waals surface area contributed by atoms with Gasteiger partial charge in [-0.05, 0) is 32.1 Å². The fraction of sp³-hybridized carbons (Fsp3) is 0.667. The Morgan fingerprint density at radius 1 is 1.14 bits per heavy atom. The van der Waals surface area contributed by atoms with Crippen molar-refractivity contribution in [2.75, 3.05) is 13.6 Å². The second-order valence-electron chi connectivity index (χ2n) is 5.65. The first-order valence-electron chi connectivity index (χ1n) is 7.46. The first-order chi connectivity index (χ1) is 10.1. The minimum atomic E-state index is -0.939. The lowest BCUT2D eigenvalue weighted by Gasteiger charge is -2.38. The number of amides is 2. The maximum Gasteiger partial charge on any atom is 0.307 e. The molecule has 1 unspecified atom stereocenters. The van der Waals surface area contributed by atoms with Crippen LogP contribution in [0.15, 0.2) is 12.2 Å². The molecule has 1 fully saturated rings. The number of carbonyl (C=O) groups excluding carboxylic acids is 2. The summed E-state index contributed by atoms with van der Waals surface area (Å²) in [6.45, 7) is 0.531. The van der Waals surface area contributed by atoms with E-state index in [9.17, 15) is 19.5 Å². The number of hydrogen-bond donors (Lipinski definition) is 2. The zero-order valence-electron chi connectivity index (χ0n) is 12.2. The Balaban J connectivity index is 2.17. The second kappa shape index (κ2) is 6.74. The first kappa shape index (κ1) is 15.5. The van der Waals surface area contributed by atoms with Gasteiger partial charge in [-0.3, -0.25) is 14.4 Å². The van der Waals surface area contributed by atoms with E-state index in [4.69, 9.17) is 0 Å². The van der Waals surface area contributed by atoms with E-state index in [1.54, 1.807) is 11.9 Å². The van der Waals surface area contributed by atoms with E-state index in [-0.39, 0.29) is 11.8 Å². The summed E-state index contributed by atoms with van der Waals surface area (Å²) in [6.07, 6.45) is 6.91. The third-order valence-corrected chi connectivity index (χ3v) is 4.40. The fourth-order valence-corrected chi connectivity index (χ4v) is 3.21. The zero-order valence-corrected chi connectivity index (χ0v) is 12.2. The standard InChI is InChI=1S/C15H22N2O4/c1-16-13(18)12-8-4-5-9-17(12)14(19)10-6-2-3-7-11(10)15(20)21/h2-3,10-12H,4-9H2,1H3,(H,16,18)(H,20,21)/t10-,11+,12?/m1/s1. The Labute approximate surface area is 124 Å². The SMILES string of the molecule is CNC(=O)C1CCCCN1C(=O)[C@@H]1CC=CC[C@@H]1C(=O)O. The highest BCUT2D eigenvalue weighted by Gasteiger charge is 2.40. The lowest BCUT2D eigenvalue weighted by molar-refractivity contribution is -0.153. The molecule has 2 N–H and O–H groups in total. The van der Waals surface area contributed by atoms with Gasteiger partial charge in [-0.25, -0.2) is 0 Å². The van der Waals surface area contributed by atoms with Gasteiger partial charge >= 0.3 is 5.97 Å². The minimum Gasteiger partial charge on any atom is -0.481 e. The van der Waals surface area contributed by atoms with Crippen LogP contribution in [-0.4, -0.2) is 47.4 Å². The summed E-state index contributed by atoms with van der Waals surface area (Å²) in [6, 6.07) is -0.461. The van der Waals surface area contributed by atoms with Crippen molar-refractivity contribution in [3.05, 3.63) is 12.2 Å². The van der Waals surface area contributed by atoms with Gasteiger partial charge in [0.25, 0.3) is 0 Å². The van der Waals surface area contributed by atoms with Gasteiger partial charge in [-0.2, -0.15) is 0 Å². The summed E-state index contributed by atoms with van der Waals surface area (Å²) >= 11 is 0. The number of likely N-dealkylation sites (N-methyl/N-ethyl adjacent to an activating group) is 1. The molecule has 3 atom stereocenters. The summed E-state index contributed by atoms with van der Waals surface area (Å²) < 4.78 is 0. The second-order valence-corrected chi connectivity index (χ2v) is 5.65.